The number of amides is 1. The molecule has 0 fully saturated rings. The first-order valence-electron chi connectivity index (χ1n) is 11.4. The lowest BCUT2D eigenvalue weighted by Gasteiger charge is -2.31. The lowest BCUT2D eigenvalue weighted by Crippen LogP contribution is -2.42. The first-order chi connectivity index (χ1) is 15.9. The molecule has 0 radical (unpaired) electrons. The van der Waals surface area contributed by atoms with Crippen LogP contribution >= 0.6 is 0 Å². The number of benzene rings is 3. The van der Waals surface area contributed by atoms with E-state index in [1.54, 1.807) is 6.92 Å². The topological polar surface area (TPSA) is 55.2 Å². The summed E-state index contributed by atoms with van der Waals surface area (Å²) in [6, 6.07) is 21.3. The van der Waals surface area contributed by atoms with Crippen LogP contribution in [0.3, 0.4) is 0 Å². The molecule has 5 rings (SSSR count). The van der Waals surface area contributed by atoms with E-state index >= 15 is 0 Å². The lowest BCUT2D eigenvalue weighted by atomic mass is 9.98. The molecule has 2 heterocycles. The lowest BCUT2D eigenvalue weighted by molar-refractivity contribution is -0.135. The van der Waals surface area contributed by atoms with E-state index in [4.69, 9.17) is 5.10 Å². The summed E-state index contributed by atoms with van der Waals surface area (Å²) in [4.78, 5) is 28.8. The van der Waals surface area contributed by atoms with Crippen molar-refractivity contribution in [3.8, 4) is 11.3 Å². The molecule has 0 spiro atoms. The van der Waals surface area contributed by atoms with Gasteiger partial charge in [-0.3, -0.25) is 9.59 Å². The number of rotatable bonds is 3. The Bertz CT molecular complexity index is 1440. The molecule has 1 aliphatic rings. The predicted octanol–water partition coefficient (Wildman–Crippen LogP) is 4.83. The Morgan fingerprint density at radius 2 is 1.64 bits per heavy atom. The van der Waals surface area contributed by atoms with Crippen molar-refractivity contribution in [3.63, 3.8) is 0 Å². The molecule has 166 valence electrons. The Morgan fingerprint density at radius 3 is 2.42 bits per heavy atom. The summed E-state index contributed by atoms with van der Waals surface area (Å²) >= 11 is 0. The monoisotopic (exact) mass is 437 g/mol. The van der Waals surface area contributed by atoms with Gasteiger partial charge in [0.2, 0.25) is 5.91 Å². The van der Waals surface area contributed by atoms with Crippen LogP contribution in [-0.4, -0.2) is 27.1 Å². The number of carbonyl (C=O) groups excluding carboxylic acids is 1. The Morgan fingerprint density at radius 1 is 0.939 bits per heavy atom. The third kappa shape index (κ3) is 3.74. The minimum absolute atomic E-state index is 0.0821. The fourth-order valence-electron chi connectivity index (χ4n) is 4.71. The van der Waals surface area contributed by atoms with Gasteiger partial charge in [0.15, 0.2) is 0 Å². The van der Waals surface area contributed by atoms with Crippen molar-refractivity contribution in [2.24, 2.45) is 0 Å². The molecule has 1 aromatic heterocycles. The zero-order valence-corrected chi connectivity index (χ0v) is 19.2. The highest BCUT2D eigenvalue weighted by Gasteiger charge is 2.28. The van der Waals surface area contributed by atoms with Crippen LogP contribution in [0.4, 0.5) is 0 Å². The van der Waals surface area contributed by atoms with Crippen molar-refractivity contribution >= 4 is 16.7 Å². The van der Waals surface area contributed by atoms with E-state index in [1.165, 1.54) is 15.8 Å². The number of fused-ring (bicyclic) bond motifs is 2. The van der Waals surface area contributed by atoms with Gasteiger partial charge in [-0.2, -0.15) is 5.10 Å². The summed E-state index contributed by atoms with van der Waals surface area (Å²) in [5, 5.41) is 6.17. The van der Waals surface area contributed by atoms with E-state index in [2.05, 4.69) is 30.3 Å². The number of carbonyl (C=O) groups is 1. The minimum Gasteiger partial charge on any atom is -0.336 e. The van der Waals surface area contributed by atoms with Gasteiger partial charge in [0, 0.05) is 24.0 Å². The maximum absolute atomic E-state index is 13.5. The van der Waals surface area contributed by atoms with Gasteiger partial charge in [0.1, 0.15) is 6.04 Å². The number of aromatic nitrogens is 2. The maximum Gasteiger partial charge on any atom is 0.275 e. The van der Waals surface area contributed by atoms with E-state index in [0.717, 1.165) is 34.2 Å². The van der Waals surface area contributed by atoms with Crippen molar-refractivity contribution in [3.05, 3.63) is 99.3 Å². The van der Waals surface area contributed by atoms with E-state index in [0.29, 0.717) is 18.5 Å². The SMILES string of the molecule is Cc1ccc(C)c(-c2nn(C(C)C(=O)N3CCc4ccccc4C3)c(=O)c3ccccc23)c1. The third-order valence-electron chi connectivity index (χ3n) is 6.64. The van der Waals surface area contributed by atoms with Crippen LogP contribution in [0.5, 0.6) is 0 Å². The molecule has 1 amide bonds. The molecule has 1 unspecified atom stereocenters. The maximum atomic E-state index is 13.5. The Kier molecular flexibility index (Phi) is 5.33. The number of nitrogens with zero attached hydrogens (tertiary/aromatic N) is 3. The first kappa shape index (κ1) is 21.1. The highest BCUT2D eigenvalue weighted by Crippen LogP contribution is 2.29. The van der Waals surface area contributed by atoms with Gasteiger partial charge in [-0.05, 0) is 56.0 Å². The van der Waals surface area contributed by atoms with Gasteiger partial charge >= 0.3 is 0 Å². The molecule has 0 bridgehead atoms. The smallest absolute Gasteiger partial charge is 0.275 e. The van der Waals surface area contributed by atoms with Crippen molar-refractivity contribution < 1.29 is 4.79 Å². The molecular formula is C28H27N3O2. The van der Waals surface area contributed by atoms with Gasteiger partial charge < -0.3 is 4.90 Å². The van der Waals surface area contributed by atoms with Gasteiger partial charge in [0.25, 0.3) is 5.56 Å². The second kappa shape index (κ2) is 8.32. The molecule has 1 aliphatic heterocycles. The molecule has 3 aromatic carbocycles. The van der Waals surface area contributed by atoms with Crippen LogP contribution in [0, 0.1) is 13.8 Å². The molecule has 4 aromatic rings. The average Bonchev–Trinajstić information content (AvgIpc) is 2.85. The highest BCUT2D eigenvalue weighted by molar-refractivity contribution is 5.94. The second-order valence-electron chi connectivity index (χ2n) is 8.92. The van der Waals surface area contributed by atoms with Crippen LogP contribution in [0.15, 0.2) is 71.5 Å². The summed E-state index contributed by atoms with van der Waals surface area (Å²) < 4.78 is 1.38. The van der Waals surface area contributed by atoms with Gasteiger partial charge in [0.05, 0.1) is 11.1 Å². The zero-order valence-electron chi connectivity index (χ0n) is 19.2. The molecular weight excluding hydrogens is 410 g/mol. The highest BCUT2D eigenvalue weighted by atomic mass is 16.2. The second-order valence-corrected chi connectivity index (χ2v) is 8.92. The van der Waals surface area contributed by atoms with E-state index < -0.39 is 6.04 Å². The van der Waals surface area contributed by atoms with E-state index in [-0.39, 0.29) is 11.5 Å². The van der Waals surface area contributed by atoms with Gasteiger partial charge in [-0.25, -0.2) is 4.68 Å². The number of aryl methyl sites for hydroxylation is 2. The van der Waals surface area contributed by atoms with Crippen LogP contribution in [0.1, 0.15) is 35.2 Å². The molecule has 1 atom stereocenters. The first-order valence-corrected chi connectivity index (χ1v) is 11.4. The molecule has 0 aliphatic carbocycles. The van der Waals surface area contributed by atoms with Crippen molar-refractivity contribution in [2.75, 3.05) is 6.54 Å². The Labute approximate surface area is 193 Å². The standard InChI is InChI=1S/C28H27N3O2/c1-18-12-13-19(2)25(16-18)26-23-10-6-7-11-24(23)28(33)31(29-26)20(3)27(32)30-15-14-21-8-4-5-9-22(21)17-30/h4-13,16,20H,14-15,17H2,1-3H3. The molecule has 5 nitrogen and oxygen atoms in total. The van der Waals surface area contributed by atoms with Crippen LogP contribution in [-0.2, 0) is 17.8 Å². The Hall–Kier alpha value is -3.73. The zero-order chi connectivity index (χ0) is 23.1. The van der Waals surface area contributed by atoms with Crippen molar-refractivity contribution in [1.82, 2.24) is 14.7 Å². The minimum atomic E-state index is -0.698. The predicted molar refractivity (Wildman–Crippen MR) is 131 cm³/mol. The number of hydrogen-bond acceptors (Lipinski definition) is 3. The average molecular weight is 438 g/mol. The van der Waals surface area contributed by atoms with Crippen LogP contribution < -0.4 is 5.56 Å². The molecule has 33 heavy (non-hydrogen) atoms. The summed E-state index contributed by atoms with van der Waals surface area (Å²) in [7, 11) is 0. The summed E-state index contributed by atoms with van der Waals surface area (Å²) in [6.07, 6.45) is 0.822. The Balaban J connectivity index is 1.60. The van der Waals surface area contributed by atoms with E-state index in [1.807, 2.05) is 55.1 Å². The van der Waals surface area contributed by atoms with Crippen molar-refractivity contribution in [2.45, 2.75) is 39.8 Å². The summed E-state index contributed by atoms with van der Waals surface area (Å²) in [5.41, 5.74) is 6.12. The fraction of sp³-hybridized carbons (Fsp3) is 0.250. The normalized spacial score (nSPS) is 14.2. The summed E-state index contributed by atoms with van der Waals surface area (Å²) in [6.45, 7) is 7.07. The fourth-order valence-corrected chi connectivity index (χ4v) is 4.71. The third-order valence-corrected chi connectivity index (χ3v) is 6.64. The van der Waals surface area contributed by atoms with E-state index in [9.17, 15) is 9.59 Å². The molecule has 0 saturated heterocycles. The quantitative estimate of drug-likeness (QED) is 0.461. The number of hydrogen-bond donors (Lipinski definition) is 0. The molecule has 0 N–H and O–H groups in total. The summed E-state index contributed by atoms with van der Waals surface area (Å²) in [5.74, 6) is -0.0821. The van der Waals surface area contributed by atoms with Gasteiger partial charge in [-0.1, -0.05) is 60.2 Å². The largest absolute Gasteiger partial charge is 0.336 e. The molecule has 0 saturated carbocycles. The van der Waals surface area contributed by atoms with Crippen molar-refractivity contribution in [1.29, 1.82) is 0 Å². The van der Waals surface area contributed by atoms with Crippen LogP contribution in [0.2, 0.25) is 0 Å². The molecule has 5 heteroatoms. The van der Waals surface area contributed by atoms with Crippen LogP contribution in [0.25, 0.3) is 22.0 Å². The van der Waals surface area contributed by atoms with Gasteiger partial charge in [-0.15, -0.1) is 0 Å².